The van der Waals surface area contributed by atoms with Crippen LogP contribution in [0.4, 0.5) is 0 Å². The zero-order chi connectivity index (χ0) is 11.2. The minimum absolute atomic E-state index is 0.811. The average molecular weight is 239 g/mol. The Labute approximate surface area is 102 Å². The standard InChI is InChI=1S/C13H19ClN2/c14-13-4-2-1-3-11(13)7-8-15-9-10-16-12-5-6-12/h1-4,12,15-16H,5-10H2. The molecule has 1 saturated carbocycles. The van der Waals surface area contributed by atoms with E-state index in [1.165, 1.54) is 18.4 Å². The van der Waals surface area contributed by atoms with Crippen molar-refractivity contribution in [2.45, 2.75) is 25.3 Å². The lowest BCUT2D eigenvalue weighted by Gasteiger charge is -2.06. The van der Waals surface area contributed by atoms with Crippen LogP contribution in [-0.2, 0) is 6.42 Å². The minimum Gasteiger partial charge on any atom is -0.315 e. The maximum atomic E-state index is 6.07. The molecule has 0 radical (unpaired) electrons. The highest BCUT2D eigenvalue weighted by Gasteiger charge is 2.19. The highest BCUT2D eigenvalue weighted by atomic mass is 35.5. The Morgan fingerprint density at radius 3 is 2.69 bits per heavy atom. The zero-order valence-corrected chi connectivity index (χ0v) is 10.3. The molecule has 0 bridgehead atoms. The van der Waals surface area contributed by atoms with Crippen molar-refractivity contribution >= 4 is 11.6 Å². The van der Waals surface area contributed by atoms with Crippen molar-refractivity contribution in [2.24, 2.45) is 0 Å². The molecule has 1 aliphatic rings. The van der Waals surface area contributed by atoms with Crippen molar-refractivity contribution in [1.82, 2.24) is 10.6 Å². The Morgan fingerprint density at radius 1 is 1.12 bits per heavy atom. The molecule has 0 aromatic heterocycles. The fourth-order valence-corrected chi connectivity index (χ4v) is 1.93. The number of halogens is 1. The SMILES string of the molecule is Clc1ccccc1CCNCCNC1CC1. The Morgan fingerprint density at radius 2 is 1.94 bits per heavy atom. The summed E-state index contributed by atoms with van der Waals surface area (Å²) in [6, 6.07) is 8.86. The van der Waals surface area contributed by atoms with Gasteiger partial charge in [0.25, 0.3) is 0 Å². The van der Waals surface area contributed by atoms with Gasteiger partial charge in [0.2, 0.25) is 0 Å². The molecule has 1 aliphatic carbocycles. The first-order valence-electron chi connectivity index (χ1n) is 6.04. The molecule has 0 saturated heterocycles. The third kappa shape index (κ3) is 4.12. The molecule has 88 valence electrons. The van der Waals surface area contributed by atoms with Crippen LogP contribution in [-0.4, -0.2) is 25.7 Å². The van der Waals surface area contributed by atoms with Gasteiger partial charge in [0.1, 0.15) is 0 Å². The number of benzene rings is 1. The second-order valence-electron chi connectivity index (χ2n) is 4.32. The molecule has 1 fully saturated rings. The highest BCUT2D eigenvalue weighted by Crippen LogP contribution is 2.17. The molecule has 2 rings (SSSR count). The third-order valence-corrected chi connectivity index (χ3v) is 3.21. The highest BCUT2D eigenvalue weighted by molar-refractivity contribution is 6.31. The summed E-state index contributed by atoms with van der Waals surface area (Å²) in [6.07, 6.45) is 3.72. The third-order valence-electron chi connectivity index (χ3n) is 2.84. The molecule has 1 aromatic carbocycles. The van der Waals surface area contributed by atoms with Crippen LogP contribution in [0.5, 0.6) is 0 Å². The molecule has 2 nitrogen and oxygen atoms in total. The summed E-state index contributed by atoms with van der Waals surface area (Å²) in [5.41, 5.74) is 1.23. The van der Waals surface area contributed by atoms with Crippen LogP contribution in [0.2, 0.25) is 5.02 Å². The topological polar surface area (TPSA) is 24.1 Å². The van der Waals surface area contributed by atoms with Gasteiger partial charge in [-0.05, 0) is 37.4 Å². The molecule has 0 atom stereocenters. The predicted molar refractivity (Wildman–Crippen MR) is 69.1 cm³/mol. The number of hydrogen-bond donors (Lipinski definition) is 2. The van der Waals surface area contributed by atoms with Gasteiger partial charge in [0.05, 0.1) is 0 Å². The summed E-state index contributed by atoms with van der Waals surface area (Å²) in [6.45, 7) is 3.12. The Hall–Kier alpha value is -0.570. The van der Waals surface area contributed by atoms with Gasteiger partial charge in [-0.25, -0.2) is 0 Å². The summed E-state index contributed by atoms with van der Waals surface area (Å²) in [5.74, 6) is 0. The molecular formula is C13H19ClN2. The first kappa shape index (κ1) is 11.9. The molecule has 0 amide bonds. The first-order valence-corrected chi connectivity index (χ1v) is 6.41. The van der Waals surface area contributed by atoms with E-state index in [9.17, 15) is 0 Å². The molecule has 3 heteroatoms. The lowest BCUT2D eigenvalue weighted by Crippen LogP contribution is -2.29. The zero-order valence-electron chi connectivity index (χ0n) is 9.51. The second-order valence-corrected chi connectivity index (χ2v) is 4.73. The van der Waals surface area contributed by atoms with E-state index < -0.39 is 0 Å². The molecule has 2 N–H and O–H groups in total. The quantitative estimate of drug-likeness (QED) is 0.712. The molecular weight excluding hydrogens is 220 g/mol. The van der Waals surface area contributed by atoms with Gasteiger partial charge in [-0.3, -0.25) is 0 Å². The van der Waals surface area contributed by atoms with Crippen molar-refractivity contribution in [3.05, 3.63) is 34.9 Å². The molecule has 1 aromatic rings. The van der Waals surface area contributed by atoms with E-state index in [4.69, 9.17) is 11.6 Å². The summed E-state index contributed by atoms with van der Waals surface area (Å²) in [5, 5.41) is 7.78. The smallest absolute Gasteiger partial charge is 0.0438 e. The number of hydrogen-bond acceptors (Lipinski definition) is 2. The maximum absolute atomic E-state index is 6.07. The van der Waals surface area contributed by atoms with E-state index in [1.807, 2.05) is 18.2 Å². The molecule has 0 heterocycles. The fourth-order valence-electron chi connectivity index (χ4n) is 1.70. The van der Waals surface area contributed by atoms with Crippen LogP contribution in [0, 0.1) is 0 Å². The largest absolute Gasteiger partial charge is 0.315 e. The summed E-state index contributed by atoms with van der Waals surface area (Å²) >= 11 is 6.07. The monoisotopic (exact) mass is 238 g/mol. The first-order chi connectivity index (χ1) is 7.86. The lowest BCUT2D eigenvalue weighted by atomic mass is 10.1. The van der Waals surface area contributed by atoms with Crippen LogP contribution >= 0.6 is 11.6 Å². The number of rotatable bonds is 7. The van der Waals surface area contributed by atoms with Crippen LogP contribution in [0.15, 0.2) is 24.3 Å². The molecule has 0 aliphatic heterocycles. The van der Waals surface area contributed by atoms with Gasteiger partial charge < -0.3 is 10.6 Å². The van der Waals surface area contributed by atoms with Gasteiger partial charge in [-0.15, -0.1) is 0 Å². The van der Waals surface area contributed by atoms with Crippen molar-refractivity contribution in [1.29, 1.82) is 0 Å². The predicted octanol–water partition coefficient (Wildman–Crippen LogP) is 2.22. The van der Waals surface area contributed by atoms with Crippen LogP contribution in [0.25, 0.3) is 0 Å². The van der Waals surface area contributed by atoms with E-state index in [0.29, 0.717) is 0 Å². The van der Waals surface area contributed by atoms with Crippen LogP contribution in [0.3, 0.4) is 0 Å². The second kappa shape index (κ2) is 6.24. The van der Waals surface area contributed by atoms with Gasteiger partial charge in [-0.2, -0.15) is 0 Å². The van der Waals surface area contributed by atoms with Crippen molar-refractivity contribution in [2.75, 3.05) is 19.6 Å². The summed E-state index contributed by atoms with van der Waals surface area (Å²) in [4.78, 5) is 0. The van der Waals surface area contributed by atoms with Gasteiger partial charge in [-0.1, -0.05) is 29.8 Å². The maximum Gasteiger partial charge on any atom is 0.0438 e. The molecule has 0 unspecified atom stereocenters. The van der Waals surface area contributed by atoms with E-state index in [1.54, 1.807) is 0 Å². The lowest BCUT2D eigenvalue weighted by molar-refractivity contribution is 0.609. The van der Waals surface area contributed by atoms with Crippen molar-refractivity contribution < 1.29 is 0 Å². The Bertz CT molecular complexity index is 323. The van der Waals surface area contributed by atoms with Crippen molar-refractivity contribution in [3.63, 3.8) is 0 Å². The van der Waals surface area contributed by atoms with E-state index in [2.05, 4.69) is 16.7 Å². The van der Waals surface area contributed by atoms with E-state index in [0.717, 1.165) is 37.1 Å². The van der Waals surface area contributed by atoms with E-state index >= 15 is 0 Å². The van der Waals surface area contributed by atoms with Crippen molar-refractivity contribution in [3.8, 4) is 0 Å². The van der Waals surface area contributed by atoms with Gasteiger partial charge >= 0.3 is 0 Å². The van der Waals surface area contributed by atoms with Crippen LogP contribution < -0.4 is 10.6 Å². The van der Waals surface area contributed by atoms with Crippen LogP contribution in [0.1, 0.15) is 18.4 Å². The Balaban J connectivity index is 1.55. The normalized spacial score (nSPS) is 15.3. The summed E-state index contributed by atoms with van der Waals surface area (Å²) < 4.78 is 0. The number of nitrogens with one attached hydrogen (secondary N) is 2. The fraction of sp³-hybridized carbons (Fsp3) is 0.538. The minimum atomic E-state index is 0.811. The average Bonchev–Trinajstić information content (AvgIpc) is 3.09. The summed E-state index contributed by atoms with van der Waals surface area (Å²) in [7, 11) is 0. The molecule has 0 spiro atoms. The van der Waals surface area contributed by atoms with Gasteiger partial charge in [0.15, 0.2) is 0 Å². The van der Waals surface area contributed by atoms with E-state index in [-0.39, 0.29) is 0 Å². The molecule has 16 heavy (non-hydrogen) atoms. The van der Waals surface area contributed by atoms with Gasteiger partial charge in [0, 0.05) is 24.2 Å². The Kier molecular flexibility index (Phi) is 4.64.